The summed E-state index contributed by atoms with van der Waals surface area (Å²) in [6, 6.07) is 10.8. The van der Waals surface area contributed by atoms with Crippen LogP contribution in [0.15, 0.2) is 53.3 Å². The second-order valence-electron chi connectivity index (χ2n) is 5.62. The third-order valence-electron chi connectivity index (χ3n) is 3.75. The summed E-state index contributed by atoms with van der Waals surface area (Å²) in [5.74, 6) is -0.955. The first kappa shape index (κ1) is 17.3. The Morgan fingerprint density at radius 1 is 1.00 bits per heavy atom. The number of carbonyl (C=O) groups is 3. The maximum Gasteiger partial charge on any atom is 0.286 e. The van der Waals surface area contributed by atoms with Crippen molar-refractivity contribution in [3.63, 3.8) is 0 Å². The van der Waals surface area contributed by atoms with Crippen LogP contribution in [-0.4, -0.2) is 29.3 Å². The van der Waals surface area contributed by atoms with Gasteiger partial charge in [-0.15, -0.1) is 0 Å². The lowest BCUT2D eigenvalue weighted by atomic mass is 10.1. The summed E-state index contributed by atoms with van der Waals surface area (Å²) in [5.41, 5.74) is 6.49. The third-order valence-corrected chi connectivity index (χ3v) is 3.75. The van der Waals surface area contributed by atoms with Crippen LogP contribution in [0.5, 0.6) is 0 Å². The van der Waals surface area contributed by atoms with Gasteiger partial charge in [0.25, 0.3) is 5.91 Å². The minimum absolute atomic E-state index is 0.0276. The molecule has 0 unspecified atom stereocenters. The molecule has 2 aromatic heterocycles. The van der Waals surface area contributed by atoms with Gasteiger partial charge in [0.1, 0.15) is 0 Å². The highest BCUT2D eigenvalue weighted by atomic mass is 16.3. The van der Waals surface area contributed by atoms with Crippen molar-refractivity contribution in [2.24, 2.45) is 0 Å². The Bertz CT molecular complexity index is 914. The summed E-state index contributed by atoms with van der Waals surface area (Å²) >= 11 is 0. The molecule has 3 amide bonds. The lowest BCUT2D eigenvalue weighted by Crippen LogP contribution is -2.43. The van der Waals surface area contributed by atoms with Gasteiger partial charge in [0, 0.05) is 30.1 Å². The van der Waals surface area contributed by atoms with Crippen LogP contribution in [0, 0.1) is 0 Å². The molecule has 134 valence electrons. The average Bonchev–Trinajstić information content (AvgIpc) is 3.30. The average molecular weight is 354 g/mol. The highest BCUT2D eigenvalue weighted by molar-refractivity contribution is 5.92. The third kappa shape index (κ3) is 4.29. The molecule has 0 aliphatic rings. The molecule has 1 aromatic carbocycles. The molecule has 3 rings (SSSR count). The van der Waals surface area contributed by atoms with E-state index in [1.54, 1.807) is 12.3 Å². The quantitative estimate of drug-likeness (QED) is 0.499. The summed E-state index contributed by atoms with van der Waals surface area (Å²) in [5, 5.41) is 3.52. The number of para-hydroxylation sites is 1. The van der Waals surface area contributed by atoms with Crippen molar-refractivity contribution >= 4 is 28.6 Å². The summed E-state index contributed by atoms with van der Waals surface area (Å²) in [6.45, 7) is 0.129. The van der Waals surface area contributed by atoms with Crippen LogP contribution in [-0.2, 0) is 16.0 Å². The van der Waals surface area contributed by atoms with Gasteiger partial charge in [-0.05, 0) is 23.8 Å². The number of hydrogen-bond donors (Lipinski definition) is 4. The number of nitrogens with one attached hydrogen (secondary N) is 4. The number of benzene rings is 1. The predicted octanol–water partition coefficient (Wildman–Crippen LogP) is 1.27. The van der Waals surface area contributed by atoms with E-state index in [9.17, 15) is 14.4 Å². The molecule has 0 bridgehead atoms. The molecular formula is C18H18N4O4. The normalized spacial score (nSPS) is 10.5. The Hall–Kier alpha value is -3.55. The first-order valence-electron chi connectivity index (χ1n) is 8.08. The van der Waals surface area contributed by atoms with Crippen LogP contribution in [0.25, 0.3) is 10.9 Å². The van der Waals surface area contributed by atoms with Crippen molar-refractivity contribution in [3.8, 4) is 0 Å². The van der Waals surface area contributed by atoms with E-state index in [1.165, 1.54) is 12.3 Å². The fourth-order valence-corrected chi connectivity index (χ4v) is 2.48. The molecule has 0 aliphatic heterocycles. The van der Waals surface area contributed by atoms with Gasteiger partial charge in [0.2, 0.25) is 11.8 Å². The zero-order chi connectivity index (χ0) is 18.4. The second-order valence-corrected chi connectivity index (χ2v) is 5.62. The zero-order valence-corrected chi connectivity index (χ0v) is 13.9. The number of fused-ring (bicyclic) bond motifs is 1. The Morgan fingerprint density at radius 2 is 1.81 bits per heavy atom. The summed E-state index contributed by atoms with van der Waals surface area (Å²) in [4.78, 5) is 38.4. The van der Waals surface area contributed by atoms with Crippen LogP contribution in [0.2, 0.25) is 0 Å². The number of aromatic amines is 1. The maximum atomic E-state index is 12.0. The minimum Gasteiger partial charge on any atom is -0.459 e. The van der Waals surface area contributed by atoms with E-state index in [0.29, 0.717) is 0 Å². The van der Waals surface area contributed by atoms with Gasteiger partial charge in [-0.3, -0.25) is 25.2 Å². The van der Waals surface area contributed by atoms with E-state index < -0.39 is 11.8 Å². The molecule has 0 aliphatic carbocycles. The SMILES string of the molecule is O=C(CCNC(=O)c1ccco1)NNC(=O)Cc1c[nH]c2ccccc12. The molecule has 0 saturated carbocycles. The van der Waals surface area contributed by atoms with Crippen LogP contribution < -0.4 is 16.2 Å². The molecule has 4 N–H and O–H groups in total. The minimum atomic E-state index is -0.406. The van der Waals surface area contributed by atoms with Crippen molar-refractivity contribution in [1.29, 1.82) is 0 Å². The first-order chi connectivity index (χ1) is 12.6. The van der Waals surface area contributed by atoms with Gasteiger partial charge in [-0.25, -0.2) is 0 Å². The Labute approximate surface area is 148 Å². The maximum absolute atomic E-state index is 12.0. The van der Waals surface area contributed by atoms with E-state index in [-0.39, 0.29) is 31.1 Å². The van der Waals surface area contributed by atoms with Gasteiger partial charge in [-0.1, -0.05) is 18.2 Å². The lowest BCUT2D eigenvalue weighted by molar-refractivity contribution is -0.128. The number of amides is 3. The number of rotatable bonds is 6. The highest BCUT2D eigenvalue weighted by Gasteiger charge is 2.11. The molecule has 8 nitrogen and oxygen atoms in total. The van der Waals surface area contributed by atoms with Gasteiger partial charge < -0.3 is 14.7 Å². The van der Waals surface area contributed by atoms with Crippen molar-refractivity contribution in [3.05, 3.63) is 60.2 Å². The number of hydrogen-bond acceptors (Lipinski definition) is 4. The van der Waals surface area contributed by atoms with E-state index >= 15 is 0 Å². The molecule has 0 fully saturated rings. The van der Waals surface area contributed by atoms with Crippen molar-refractivity contribution in [2.45, 2.75) is 12.8 Å². The van der Waals surface area contributed by atoms with Crippen LogP contribution in [0.1, 0.15) is 22.5 Å². The Kier molecular flexibility index (Phi) is 5.33. The molecule has 0 saturated heterocycles. The molecule has 0 spiro atoms. The predicted molar refractivity (Wildman–Crippen MR) is 93.9 cm³/mol. The van der Waals surface area contributed by atoms with Crippen LogP contribution in [0.3, 0.4) is 0 Å². The Morgan fingerprint density at radius 3 is 2.62 bits per heavy atom. The zero-order valence-electron chi connectivity index (χ0n) is 13.9. The van der Waals surface area contributed by atoms with Crippen molar-refractivity contribution in [2.75, 3.05) is 6.54 Å². The van der Waals surface area contributed by atoms with Crippen LogP contribution >= 0.6 is 0 Å². The fraction of sp³-hybridized carbons (Fsp3) is 0.167. The number of aromatic nitrogens is 1. The van der Waals surface area contributed by atoms with Crippen LogP contribution in [0.4, 0.5) is 0 Å². The smallest absolute Gasteiger partial charge is 0.286 e. The van der Waals surface area contributed by atoms with Crippen molar-refractivity contribution in [1.82, 2.24) is 21.2 Å². The highest BCUT2D eigenvalue weighted by Crippen LogP contribution is 2.17. The molecule has 26 heavy (non-hydrogen) atoms. The fourth-order valence-electron chi connectivity index (χ4n) is 2.48. The molecule has 8 heteroatoms. The van der Waals surface area contributed by atoms with Gasteiger partial charge in [0.15, 0.2) is 5.76 Å². The lowest BCUT2D eigenvalue weighted by Gasteiger charge is -2.07. The Balaban J connectivity index is 1.38. The molecule has 0 radical (unpaired) electrons. The van der Waals surface area contributed by atoms with Gasteiger partial charge >= 0.3 is 0 Å². The monoisotopic (exact) mass is 354 g/mol. The van der Waals surface area contributed by atoms with E-state index in [1.807, 2.05) is 24.3 Å². The molecule has 0 atom stereocenters. The number of H-pyrrole nitrogens is 1. The summed E-state index contributed by atoms with van der Waals surface area (Å²) in [6.07, 6.45) is 3.33. The number of furan rings is 1. The number of hydrazine groups is 1. The summed E-state index contributed by atoms with van der Waals surface area (Å²) in [7, 11) is 0. The largest absolute Gasteiger partial charge is 0.459 e. The van der Waals surface area contributed by atoms with E-state index in [0.717, 1.165) is 16.5 Å². The first-order valence-corrected chi connectivity index (χ1v) is 8.08. The van der Waals surface area contributed by atoms with E-state index in [4.69, 9.17) is 4.42 Å². The van der Waals surface area contributed by atoms with Crippen molar-refractivity contribution < 1.29 is 18.8 Å². The second kappa shape index (κ2) is 8.02. The molecule has 3 aromatic rings. The van der Waals surface area contributed by atoms with Gasteiger partial charge in [0.05, 0.1) is 12.7 Å². The number of carbonyl (C=O) groups excluding carboxylic acids is 3. The van der Waals surface area contributed by atoms with E-state index in [2.05, 4.69) is 21.2 Å². The molecule has 2 heterocycles. The summed E-state index contributed by atoms with van der Waals surface area (Å²) < 4.78 is 4.94. The molecular weight excluding hydrogens is 336 g/mol. The standard InChI is InChI=1S/C18H18N4O4/c23-16(7-8-19-18(25)15-6-3-9-26-15)21-22-17(24)10-12-11-20-14-5-2-1-4-13(12)14/h1-6,9,11,20H,7-8,10H2,(H,19,25)(H,21,23)(H,22,24). The topological polar surface area (TPSA) is 116 Å². The van der Waals surface area contributed by atoms with Gasteiger partial charge in [-0.2, -0.15) is 0 Å².